The Kier molecular flexibility index (Phi) is 4.10. The van der Waals surface area contributed by atoms with Crippen molar-refractivity contribution in [3.63, 3.8) is 0 Å². The van der Waals surface area contributed by atoms with Crippen LogP contribution >= 0.6 is 27.3 Å². The molecule has 0 spiro atoms. The third-order valence-corrected chi connectivity index (χ3v) is 5.19. The van der Waals surface area contributed by atoms with Gasteiger partial charge in [0.15, 0.2) is 0 Å². The predicted octanol–water partition coefficient (Wildman–Crippen LogP) is 4.24. The Bertz CT molecular complexity index is 761. The number of aryl methyl sites for hydroxylation is 1. The molecule has 21 heavy (non-hydrogen) atoms. The molecule has 0 bridgehead atoms. The van der Waals surface area contributed by atoms with E-state index in [0.717, 1.165) is 31.7 Å². The maximum absolute atomic E-state index is 13.4. The van der Waals surface area contributed by atoms with E-state index < -0.39 is 0 Å². The molecule has 0 aliphatic heterocycles. The number of benzene rings is 1. The largest absolute Gasteiger partial charge is 0.305 e. The molecule has 3 nitrogen and oxygen atoms in total. The van der Waals surface area contributed by atoms with Gasteiger partial charge in [-0.25, -0.2) is 4.39 Å². The maximum Gasteiger partial charge on any atom is 0.123 e. The van der Waals surface area contributed by atoms with Gasteiger partial charge < -0.3 is 5.32 Å². The van der Waals surface area contributed by atoms with E-state index in [1.807, 2.05) is 17.8 Å². The first-order valence-corrected chi connectivity index (χ1v) is 8.31. The Morgan fingerprint density at radius 1 is 1.43 bits per heavy atom. The van der Waals surface area contributed by atoms with Gasteiger partial charge in [-0.05, 0) is 52.1 Å². The number of fused-ring (bicyclic) bond motifs is 1. The summed E-state index contributed by atoms with van der Waals surface area (Å²) >= 11 is 5.24. The van der Waals surface area contributed by atoms with Gasteiger partial charge in [-0.3, -0.25) is 4.68 Å². The van der Waals surface area contributed by atoms with Crippen molar-refractivity contribution < 1.29 is 4.39 Å². The molecule has 1 N–H and O–H groups in total. The zero-order valence-corrected chi connectivity index (χ0v) is 14.1. The smallest absolute Gasteiger partial charge is 0.123 e. The number of aromatic nitrogens is 2. The molecular weight excluding hydrogens is 353 g/mol. The summed E-state index contributed by atoms with van der Waals surface area (Å²) in [6, 6.07) is 7.01. The normalized spacial score (nSPS) is 13.0. The summed E-state index contributed by atoms with van der Waals surface area (Å²) < 4.78 is 17.3. The van der Waals surface area contributed by atoms with Crippen LogP contribution in [0.2, 0.25) is 0 Å². The first-order chi connectivity index (χ1) is 10.1. The van der Waals surface area contributed by atoms with Gasteiger partial charge >= 0.3 is 0 Å². The van der Waals surface area contributed by atoms with E-state index in [1.165, 1.54) is 6.07 Å². The van der Waals surface area contributed by atoms with E-state index in [4.69, 9.17) is 0 Å². The topological polar surface area (TPSA) is 29.9 Å². The molecule has 3 aromatic rings. The fourth-order valence-corrected chi connectivity index (χ4v) is 4.16. The fraction of sp³-hybridized carbons (Fsp3) is 0.267. The quantitative estimate of drug-likeness (QED) is 0.747. The second kappa shape index (κ2) is 5.87. The maximum atomic E-state index is 13.4. The highest BCUT2D eigenvalue weighted by molar-refractivity contribution is 9.10. The molecule has 0 saturated carbocycles. The van der Waals surface area contributed by atoms with Gasteiger partial charge in [0, 0.05) is 16.6 Å². The highest BCUT2D eigenvalue weighted by Crippen LogP contribution is 2.35. The summed E-state index contributed by atoms with van der Waals surface area (Å²) in [7, 11) is 1.93. The van der Waals surface area contributed by atoms with Crippen LogP contribution in [0.1, 0.15) is 23.5 Å². The minimum absolute atomic E-state index is 0.0392. The van der Waals surface area contributed by atoms with Crippen LogP contribution in [0.4, 0.5) is 4.39 Å². The van der Waals surface area contributed by atoms with Crippen LogP contribution in [0.5, 0.6) is 0 Å². The fourth-order valence-electron chi connectivity index (χ4n) is 2.46. The molecule has 1 aromatic carbocycles. The Morgan fingerprint density at radius 2 is 2.24 bits per heavy atom. The number of halogens is 2. The highest BCUT2D eigenvalue weighted by atomic mass is 79.9. The van der Waals surface area contributed by atoms with Gasteiger partial charge in [-0.15, -0.1) is 11.3 Å². The van der Waals surface area contributed by atoms with Crippen LogP contribution in [0.3, 0.4) is 0 Å². The van der Waals surface area contributed by atoms with Crippen molar-refractivity contribution in [1.29, 1.82) is 0 Å². The van der Waals surface area contributed by atoms with Gasteiger partial charge in [0.25, 0.3) is 0 Å². The van der Waals surface area contributed by atoms with E-state index in [1.54, 1.807) is 23.6 Å². The summed E-state index contributed by atoms with van der Waals surface area (Å²) in [6.45, 7) is 2.91. The first kappa shape index (κ1) is 14.7. The van der Waals surface area contributed by atoms with Gasteiger partial charge in [-0.2, -0.15) is 5.10 Å². The van der Waals surface area contributed by atoms with Crippen LogP contribution in [0.25, 0.3) is 10.1 Å². The van der Waals surface area contributed by atoms with Gasteiger partial charge in [-0.1, -0.05) is 6.92 Å². The zero-order chi connectivity index (χ0) is 15.0. The molecule has 2 aromatic heterocycles. The van der Waals surface area contributed by atoms with Crippen LogP contribution in [0.15, 0.2) is 34.9 Å². The van der Waals surface area contributed by atoms with E-state index in [0.29, 0.717) is 0 Å². The number of thiophene rings is 1. The Morgan fingerprint density at radius 3 is 2.90 bits per heavy atom. The predicted molar refractivity (Wildman–Crippen MR) is 88.2 cm³/mol. The third kappa shape index (κ3) is 2.75. The third-order valence-electron chi connectivity index (χ3n) is 3.40. The Balaban J connectivity index is 2.11. The first-order valence-electron chi connectivity index (χ1n) is 6.70. The van der Waals surface area contributed by atoms with Crippen LogP contribution in [-0.4, -0.2) is 16.3 Å². The Labute approximate surface area is 134 Å². The van der Waals surface area contributed by atoms with E-state index in [-0.39, 0.29) is 11.9 Å². The summed E-state index contributed by atoms with van der Waals surface area (Å²) in [5.74, 6) is -0.200. The lowest BCUT2D eigenvalue weighted by atomic mass is 10.1. The number of hydrogen-bond acceptors (Lipinski definition) is 3. The van der Waals surface area contributed by atoms with Crippen LogP contribution in [0, 0.1) is 5.82 Å². The summed E-state index contributed by atoms with van der Waals surface area (Å²) in [4.78, 5) is 1.15. The second-order valence-corrected chi connectivity index (χ2v) is 6.79. The van der Waals surface area contributed by atoms with Crippen molar-refractivity contribution in [3.05, 3.63) is 51.3 Å². The summed E-state index contributed by atoms with van der Waals surface area (Å²) in [5, 5.41) is 8.71. The second-order valence-electron chi connectivity index (χ2n) is 4.82. The van der Waals surface area contributed by atoms with Gasteiger partial charge in [0.05, 0.1) is 22.4 Å². The van der Waals surface area contributed by atoms with Crippen molar-refractivity contribution in [3.8, 4) is 0 Å². The van der Waals surface area contributed by atoms with Crippen molar-refractivity contribution >= 4 is 37.4 Å². The monoisotopic (exact) mass is 367 g/mol. The average molecular weight is 368 g/mol. The minimum atomic E-state index is -0.200. The molecule has 110 valence electrons. The van der Waals surface area contributed by atoms with Crippen molar-refractivity contribution in [2.75, 3.05) is 6.54 Å². The molecule has 0 radical (unpaired) electrons. The number of rotatable bonds is 4. The van der Waals surface area contributed by atoms with Crippen molar-refractivity contribution in [2.24, 2.45) is 7.05 Å². The highest BCUT2D eigenvalue weighted by Gasteiger charge is 2.22. The van der Waals surface area contributed by atoms with Gasteiger partial charge in [0.2, 0.25) is 0 Å². The molecule has 3 rings (SSSR count). The molecule has 2 heterocycles. The number of nitrogens with zero attached hydrogens (tertiary/aromatic N) is 2. The Hall–Kier alpha value is -1.24. The molecule has 0 saturated heterocycles. The van der Waals surface area contributed by atoms with Crippen LogP contribution < -0.4 is 5.32 Å². The van der Waals surface area contributed by atoms with E-state index in [2.05, 4.69) is 39.3 Å². The molecule has 0 aliphatic rings. The molecule has 0 amide bonds. The number of nitrogens with one attached hydrogen (secondary N) is 1. The van der Waals surface area contributed by atoms with Crippen molar-refractivity contribution in [1.82, 2.24) is 15.1 Å². The lowest BCUT2D eigenvalue weighted by Crippen LogP contribution is -2.23. The lowest BCUT2D eigenvalue weighted by molar-refractivity contribution is 0.577. The molecular formula is C15H15BrFN3S. The molecule has 1 unspecified atom stereocenters. The average Bonchev–Trinajstić information content (AvgIpc) is 3.00. The summed E-state index contributed by atoms with van der Waals surface area (Å²) in [5.41, 5.74) is 1.07. The molecule has 0 fully saturated rings. The minimum Gasteiger partial charge on any atom is -0.305 e. The SMILES string of the molecule is CCNC(c1cc2cc(F)ccc2s1)c1c(Br)cnn1C. The van der Waals surface area contributed by atoms with Gasteiger partial charge in [0.1, 0.15) is 5.82 Å². The standard InChI is InChI=1S/C15H15BrFN3S/c1-3-18-14(15-11(16)8-19-20(15)2)13-7-9-6-10(17)4-5-12(9)21-13/h4-8,14,18H,3H2,1-2H3. The lowest BCUT2D eigenvalue weighted by Gasteiger charge is -2.17. The molecule has 1 atom stereocenters. The van der Waals surface area contributed by atoms with E-state index in [9.17, 15) is 4.39 Å². The van der Waals surface area contributed by atoms with E-state index >= 15 is 0 Å². The number of hydrogen-bond donors (Lipinski definition) is 1. The molecule has 6 heteroatoms. The van der Waals surface area contributed by atoms with Crippen molar-refractivity contribution in [2.45, 2.75) is 13.0 Å². The zero-order valence-electron chi connectivity index (χ0n) is 11.7. The van der Waals surface area contributed by atoms with Crippen LogP contribution in [-0.2, 0) is 7.05 Å². The summed E-state index contributed by atoms with van der Waals surface area (Å²) in [6.07, 6.45) is 1.80. The molecule has 0 aliphatic carbocycles.